The van der Waals surface area contributed by atoms with Crippen molar-refractivity contribution >= 4 is 5.91 Å². The third kappa shape index (κ3) is 2.96. The molecule has 0 aliphatic heterocycles. The Bertz CT molecular complexity index is 448. The van der Waals surface area contributed by atoms with Gasteiger partial charge in [-0.2, -0.15) is 0 Å². The number of methoxy groups -OCH3 is 1. The largest absolute Gasteiger partial charge is 0.383 e. The molecule has 1 aliphatic carbocycles. The monoisotopic (exact) mass is 262 g/mol. The first-order valence-electron chi connectivity index (χ1n) is 6.74. The number of fused-ring (bicyclic) bond motifs is 1. The van der Waals surface area contributed by atoms with Crippen LogP contribution in [-0.2, 0) is 16.0 Å². The zero-order chi connectivity index (χ0) is 13.8. The summed E-state index contributed by atoms with van der Waals surface area (Å²) >= 11 is 0. The Balaban J connectivity index is 2.16. The molecule has 0 aromatic heterocycles. The Morgan fingerprint density at radius 1 is 1.53 bits per heavy atom. The topological polar surface area (TPSA) is 55.6 Å². The standard InChI is InChI=1S/C15H22N2O2/c1-17(15(18)13(16)10-19-2)14-9-5-7-11-6-3-4-8-12(11)14/h3-4,6,8,13-14H,5,7,9-10,16H2,1-2H3. The van der Waals surface area contributed by atoms with Crippen molar-refractivity contribution in [3.63, 3.8) is 0 Å². The summed E-state index contributed by atoms with van der Waals surface area (Å²) in [7, 11) is 3.40. The summed E-state index contributed by atoms with van der Waals surface area (Å²) < 4.78 is 4.96. The first-order valence-corrected chi connectivity index (χ1v) is 6.74. The summed E-state index contributed by atoms with van der Waals surface area (Å²) in [5, 5.41) is 0. The summed E-state index contributed by atoms with van der Waals surface area (Å²) in [5.74, 6) is -0.0523. The maximum absolute atomic E-state index is 12.3. The quantitative estimate of drug-likeness (QED) is 0.894. The van der Waals surface area contributed by atoms with Crippen LogP contribution in [0.25, 0.3) is 0 Å². The molecule has 1 aromatic rings. The van der Waals surface area contributed by atoms with Crippen LogP contribution < -0.4 is 5.73 Å². The minimum atomic E-state index is -0.580. The highest BCUT2D eigenvalue weighted by molar-refractivity contribution is 5.82. The van der Waals surface area contributed by atoms with Crippen molar-refractivity contribution in [1.29, 1.82) is 0 Å². The molecule has 0 radical (unpaired) electrons. The van der Waals surface area contributed by atoms with Gasteiger partial charge < -0.3 is 15.4 Å². The van der Waals surface area contributed by atoms with Crippen LogP contribution in [0.4, 0.5) is 0 Å². The van der Waals surface area contributed by atoms with Gasteiger partial charge in [0.1, 0.15) is 6.04 Å². The molecule has 0 spiro atoms. The number of rotatable bonds is 4. The van der Waals surface area contributed by atoms with Gasteiger partial charge in [0.25, 0.3) is 0 Å². The number of nitrogens with zero attached hydrogens (tertiary/aromatic N) is 1. The van der Waals surface area contributed by atoms with Crippen LogP contribution in [-0.4, -0.2) is 37.6 Å². The van der Waals surface area contributed by atoms with Gasteiger partial charge >= 0.3 is 0 Å². The van der Waals surface area contributed by atoms with E-state index in [1.165, 1.54) is 11.1 Å². The average molecular weight is 262 g/mol. The highest BCUT2D eigenvalue weighted by atomic mass is 16.5. The molecule has 2 rings (SSSR count). The van der Waals surface area contributed by atoms with Gasteiger partial charge in [0.2, 0.25) is 5.91 Å². The van der Waals surface area contributed by atoms with E-state index in [0.29, 0.717) is 0 Å². The molecule has 19 heavy (non-hydrogen) atoms. The first-order chi connectivity index (χ1) is 9.15. The molecule has 104 valence electrons. The van der Waals surface area contributed by atoms with Crippen LogP contribution in [0.1, 0.15) is 30.0 Å². The summed E-state index contributed by atoms with van der Waals surface area (Å²) in [4.78, 5) is 14.0. The molecule has 4 heteroatoms. The van der Waals surface area contributed by atoms with E-state index in [2.05, 4.69) is 18.2 Å². The normalized spacial score (nSPS) is 19.6. The van der Waals surface area contributed by atoms with E-state index in [1.54, 1.807) is 12.0 Å². The lowest BCUT2D eigenvalue weighted by Crippen LogP contribution is -2.46. The fourth-order valence-corrected chi connectivity index (χ4v) is 2.80. The molecule has 0 bridgehead atoms. The number of hydrogen-bond acceptors (Lipinski definition) is 3. The fourth-order valence-electron chi connectivity index (χ4n) is 2.80. The predicted molar refractivity (Wildman–Crippen MR) is 74.7 cm³/mol. The third-order valence-electron chi connectivity index (χ3n) is 3.82. The molecule has 1 aromatic carbocycles. The number of nitrogens with two attached hydrogens (primary N) is 1. The highest BCUT2D eigenvalue weighted by Gasteiger charge is 2.28. The van der Waals surface area contributed by atoms with Crippen molar-refractivity contribution < 1.29 is 9.53 Å². The molecule has 2 N–H and O–H groups in total. The Labute approximate surface area is 114 Å². The van der Waals surface area contributed by atoms with Crippen molar-refractivity contribution in [2.45, 2.75) is 31.3 Å². The molecule has 0 saturated carbocycles. The number of ether oxygens (including phenoxy) is 1. The molecule has 4 nitrogen and oxygen atoms in total. The van der Waals surface area contributed by atoms with Crippen LogP contribution >= 0.6 is 0 Å². The van der Waals surface area contributed by atoms with Crippen LogP contribution in [0.5, 0.6) is 0 Å². The smallest absolute Gasteiger partial charge is 0.242 e. The molecular weight excluding hydrogens is 240 g/mol. The first kappa shape index (κ1) is 14.0. The maximum atomic E-state index is 12.3. The Morgan fingerprint density at radius 2 is 2.26 bits per heavy atom. The average Bonchev–Trinajstić information content (AvgIpc) is 2.45. The van der Waals surface area contributed by atoms with Gasteiger partial charge in [-0.1, -0.05) is 24.3 Å². The summed E-state index contributed by atoms with van der Waals surface area (Å²) in [6, 6.07) is 7.91. The number of aryl methyl sites for hydroxylation is 1. The van der Waals surface area contributed by atoms with Gasteiger partial charge in [-0.3, -0.25) is 4.79 Å². The minimum absolute atomic E-state index is 0.0523. The zero-order valence-corrected chi connectivity index (χ0v) is 11.6. The number of carbonyl (C=O) groups is 1. The van der Waals surface area contributed by atoms with E-state index in [9.17, 15) is 4.79 Å². The highest BCUT2D eigenvalue weighted by Crippen LogP contribution is 2.33. The second-order valence-corrected chi connectivity index (χ2v) is 5.12. The van der Waals surface area contributed by atoms with Gasteiger partial charge in [-0.15, -0.1) is 0 Å². The van der Waals surface area contributed by atoms with Crippen LogP contribution in [0.15, 0.2) is 24.3 Å². The molecule has 1 amide bonds. The Morgan fingerprint density at radius 3 is 3.00 bits per heavy atom. The molecule has 1 aliphatic rings. The molecule has 0 heterocycles. The third-order valence-corrected chi connectivity index (χ3v) is 3.82. The van der Waals surface area contributed by atoms with Crippen LogP contribution in [0.2, 0.25) is 0 Å². The van der Waals surface area contributed by atoms with Crippen LogP contribution in [0, 0.1) is 0 Å². The number of likely N-dealkylation sites (N-methyl/N-ethyl adjacent to an activating group) is 1. The van der Waals surface area contributed by atoms with E-state index in [1.807, 2.05) is 13.1 Å². The van der Waals surface area contributed by atoms with E-state index >= 15 is 0 Å². The predicted octanol–water partition coefficient (Wildman–Crippen LogP) is 1.50. The second kappa shape index (κ2) is 6.17. The summed E-state index contributed by atoms with van der Waals surface area (Å²) in [5.41, 5.74) is 8.44. The molecule has 0 fully saturated rings. The number of hydrogen-bond donors (Lipinski definition) is 1. The SMILES string of the molecule is COCC(N)C(=O)N(C)C1CCCc2ccccc21. The zero-order valence-electron chi connectivity index (χ0n) is 11.6. The molecule has 2 unspecified atom stereocenters. The van der Waals surface area contributed by atoms with Gasteiger partial charge in [-0.25, -0.2) is 0 Å². The lowest BCUT2D eigenvalue weighted by molar-refractivity contribution is -0.135. The lowest BCUT2D eigenvalue weighted by Gasteiger charge is -2.34. The Hall–Kier alpha value is -1.39. The number of amides is 1. The van der Waals surface area contributed by atoms with Crippen LogP contribution in [0.3, 0.4) is 0 Å². The van der Waals surface area contributed by atoms with Gasteiger partial charge in [-0.05, 0) is 30.4 Å². The van der Waals surface area contributed by atoms with E-state index in [-0.39, 0.29) is 18.6 Å². The fraction of sp³-hybridized carbons (Fsp3) is 0.533. The van der Waals surface area contributed by atoms with Gasteiger partial charge in [0, 0.05) is 14.2 Å². The van der Waals surface area contributed by atoms with E-state index < -0.39 is 6.04 Å². The van der Waals surface area contributed by atoms with E-state index in [0.717, 1.165) is 19.3 Å². The van der Waals surface area contributed by atoms with Crippen molar-refractivity contribution in [2.24, 2.45) is 5.73 Å². The summed E-state index contributed by atoms with van der Waals surface area (Å²) in [6.45, 7) is 0.261. The van der Waals surface area contributed by atoms with Crippen molar-refractivity contribution in [1.82, 2.24) is 4.90 Å². The maximum Gasteiger partial charge on any atom is 0.242 e. The second-order valence-electron chi connectivity index (χ2n) is 5.12. The van der Waals surface area contributed by atoms with Gasteiger partial charge in [0.15, 0.2) is 0 Å². The molecular formula is C15H22N2O2. The van der Waals surface area contributed by atoms with E-state index in [4.69, 9.17) is 10.5 Å². The van der Waals surface area contributed by atoms with Crippen molar-refractivity contribution in [2.75, 3.05) is 20.8 Å². The van der Waals surface area contributed by atoms with Crippen molar-refractivity contribution in [3.8, 4) is 0 Å². The minimum Gasteiger partial charge on any atom is -0.383 e. The lowest BCUT2D eigenvalue weighted by atomic mass is 9.87. The number of benzene rings is 1. The molecule has 2 atom stereocenters. The number of carbonyl (C=O) groups excluding carboxylic acids is 1. The molecule has 0 saturated heterocycles. The Kier molecular flexibility index (Phi) is 4.56. The summed E-state index contributed by atoms with van der Waals surface area (Å²) in [6.07, 6.45) is 3.20. The van der Waals surface area contributed by atoms with Gasteiger partial charge in [0.05, 0.1) is 12.6 Å². The van der Waals surface area contributed by atoms with Crippen molar-refractivity contribution in [3.05, 3.63) is 35.4 Å².